The quantitative estimate of drug-likeness (QED) is 0.286. The molecule has 3 heteroatoms. The number of hydrazine groups is 1. The van der Waals surface area contributed by atoms with E-state index >= 15 is 0 Å². The van der Waals surface area contributed by atoms with E-state index in [0.717, 1.165) is 30.8 Å². The van der Waals surface area contributed by atoms with Crippen molar-refractivity contribution >= 4 is 5.84 Å². The molecule has 0 spiro atoms. The predicted molar refractivity (Wildman–Crippen MR) is 76.1 cm³/mol. The van der Waals surface area contributed by atoms with Crippen LogP contribution in [0, 0.1) is 0 Å². The first kappa shape index (κ1) is 15.7. The predicted octanol–water partition coefficient (Wildman–Crippen LogP) is 3.07. The van der Waals surface area contributed by atoms with Crippen LogP contribution in [0.15, 0.2) is 35.3 Å². The van der Waals surface area contributed by atoms with Crippen LogP contribution in [0.5, 0.6) is 0 Å². The summed E-state index contributed by atoms with van der Waals surface area (Å²) in [5, 5.41) is 1.57. The molecule has 0 unspecified atom stereocenters. The minimum atomic E-state index is 0.836. The van der Waals surface area contributed by atoms with Crippen molar-refractivity contribution in [3.8, 4) is 0 Å². The average Bonchev–Trinajstić information content (AvgIpc) is 2.38. The normalized spacial score (nSPS) is 10.5. The summed E-state index contributed by atoms with van der Waals surface area (Å²) in [6.07, 6.45) is 2.25. The van der Waals surface area contributed by atoms with E-state index < -0.39 is 0 Å². The highest BCUT2D eigenvalue weighted by molar-refractivity contribution is 5.98. The zero-order valence-corrected chi connectivity index (χ0v) is 11.5. The van der Waals surface area contributed by atoms with Gasteiger partial charge in [-0.15, -0.1) is 0 Å². The maximum atomic E-state index is 5.75. The van der Waals surface area contributed by atoms with Crippen molar-refractivity contribution in [3.63, 3.8) is 0 Å². The van der Waals surface area contributed by atoms with Gasteiger partial charge in [-0.25, -0.2) is 5.84 Å². The number of benzene rings is 1. The lowest BCUT2D eigenvalue weighted by Gasteiger charge is -2.15. The smallest absolute Gasteiger partial charge is 0.144 e. The Morgan fingerprint density at radius 1 is 1.24 bits per heavy atom. The number of unbranched alkanes of at least 4 members (excludes halogenated alkanes) is 1. The van der Waals surface area contributed by atoms with Gasteiger partial charge >= 0.3 is 0 Å². The highest BCUT2D eigenvalue weighted by atomic mass is 15.4. The fourth-order valence-corrected chi connectivity index (χ4v) is 1.34. The maximum Gasteiger partial charge on any atom is 0.144 e. The van der Waals surface area contributed by atoms with E-state index in [2.05, 4.69) is 11.9 Å². The van der Waals surface area contributed by atoms with Gasteiger partial charge in [0.15, 0.2) is 0 Å². The summed E-state index contributed by atoms with van der Waals surface area (Å²) >= 11 is 0. The molecule has 1 aromatic rings. The first-order chi connectivity index (χ1) is 8.25. The van der Waals surface area contributed by atoms with Crippen LogP contribution in [0.3, 0.4) is 0 Å². The summed E-state index contributed by atoms with van der Waals surface area (Å²) in [6.45, 7) is 6.99. The Morgan fingerprint density at radius 2 is 1.82 bits per heavy atom. The summed E-state index contributed by atoms with van der Waals surface area (Å²) in [6, 6.07) is 10.0. The van der Waals surface area contributed by atoms with Gasteiger partial charge in [0.05, 0.1) is 0 Å². The number of rotatable bonds is 4. The van der Waals surface area contributed by atoms with Crippen molar-refractivity contribution in [1.82, 2.24) is 5.01 Å². The van der Waals surface area contributed by atoms with Crippen LogP contribution in [0.2, 0.25) is 0 Å². The molecule has 2 N–H and O–H groups in total. The van der Waals surface area contributed by atoms with Gasteiger partial charge < -0.3 is 0 Å². The standard InChI is InChI=1S/C12H19N3.C2H6/c1-3-4-10-14-12(15(2)13)11-8-6-5-7-9-11;1-2/h5-9H,3-4,10,13H2,1-2H3;1-2H3. The molecule has 0 heterocycles. The summed E-state index contributed by atoms with van der Waals surface area (Å²) in [4.78, 5) is 4.50. The third-order valence-corrected chi connectivity index (χ3v) is 2.14. The summed E-state index contributed by atoms with van der Waals surface area (Å²) in [5.41, 5.74) is 1.07. The van der Waals surface area contributed by atoms with E-state index in [0.29, 0.717) is 0 Å². The minimum absolute atomic E-state index is 0.836. The molecule has 3 nitrogen and oxygen atoms in total. The third kappa shape index (κ3) is 6.07. The molecule has 0 atom stereocenters. The molecular formula is C14H25N3. The van der Waals surface area contributed by atoms with Crippen molar-refractivity contribution in [2.45, 2.75) is 33.6 Å². The lowest BCUT2D eigenvalue weighted by molar-refractivity contribution is 0.536. The first-order valence-electron chi connectivity index (χ1n) is 6.34. The van der Waals surface area contributed by atoms with E-state index in [1.807, 2.05) is 51.2 Å². The summed E-state index contributed by atoms with van der Waals surface area (Å²) < 4.78 is 0. The van der Waals surface area contributed by atoms with Crippen LogP contribution >= 0.6 is 0 Å². The Labute approximate surface area is 105 Å². The molecule has 0 amide bonds. The number of aliphatic imine (C=N–C) groups is 1. The Kier molecular flexibility index (Phi) is 9.06. The Morgan fingerprint density at radius 3 is 2.29 bits per heavy atom. The number of nitrogens with two attached hydrogens (primary N) is 1. The van der Waals surface area contributed by atoms with Crippen molar-refractivity contribution < 1.29 is 0 Å². The Bertz CT molecular complexity index is 305. The largest absolute Gasteiger partial charge is 0.298 e. The molecule has 0 aliphatic carbocycles. The lowest BCUT2D eigenvalue weighted by atomic mass is 10.2. The van der Waals surface area contributed by atoms with E-state index in [-0.39, 0.29) is 0 Å². The van der Waals surface area contributed by atoms with Crippen LogP contribution in [0.25, 0.3) is 0 Å². The topological polar surface area (TPSA) is 41.6 Å². The van der Waals surface area contributed by atoms with E-state index in [1.165, 1.54) is 0 Å². The van der Waals surface area contributed by atoms with Gasteiger partial charge in [0.2, 0.25) is 0 Å². The zero-order chi connectivity index (χ0) is 13.1. The average molecular weight is 235 g/mol. The van der Waals surface area contributed by atoms with Crippen LogP contribution in [0.4, 0.5) is 0 Å². The number of hydrogen-bond donors (Lipinski definition) is 1. The van der Waals surface area contributed by atoms with Gasteiger partial charge in [0, 0.05) is 19.2 Å². The van der Waals surface area contributed by atoms with Crippen LogP contribution in [-0.4, -0.2) is 24.4 Å². The Hall–Kier alpha value is -1.35. The molecule has 17 heavy (non-hydrogen) atoms. The van der Waals surface area contributed by atoms with Crippen molar-refractivity contribution in [2.24, 2.45) is 10.8 Å². The van der Waals surface area contributed by atoms with Gasteiger partial charge in [0.1, 0.15) is 5.84 Å². The van der Waals surface area contributed by atoms with Gasteiger partial charge in [-0.05, 0) is 6.42 Å². The summed E-state index contributed by atoms with van der Waals surface area (Å²) in [5.74, 6) is 6.60. The molecule has 0 radical (unpaired) electrons. The van der Waals surface area contributed by atoms with Gasteiger partial charge in [-0.2, -0.15) is 0 Å². The summed E-state index contributed by atoms with van der Waals surface area (Å²) in [7, 11) is 1.82. The SMILES string of the molecule is CC.CCCCN=C(c1ccccc1)N(C)N. The molecular weight excluding hydrogens is 210 g/mol. The third-order valence-electron chi connectivity index (χ3n) is 2.14. The molecule has 0 aliphatic rings. The van der Waals surface area contributed by atoms with Gasteiger partial charge in [-0.1, -0.05) is 57.5 Å². The second kappa shape index (κ2) is 9.85. The molecule has 1 rings (SSSR count). The van der Waals surface area contributed by atoms with Crippen LogP contribution in [-0.2, 0) is 0 Å². The molecule has 0 aliphatic heterocycles. The van der Waals surface area contributed by atoms with Crippen LogP contribution in [0.1, 0.15) is 39.2 Å². The second-order valence-corrected chi connectivity index (χ2v) is 3.54. The van der Waals surface area contributed by atoms with Gasteiger partial charge in [-0.3, -0.25) is 10.0 Å². The second-order valence-electron chi connectivity index (χ2n) is 3.54. The lowest BCUT2D eigenvalue weighted by Crippen LogP contribution is -2.34. The molecule has 0 aromatic heterocycles. The Balaban J connectivity index is 0.00000121. The number of amidine groups is 1. The molecule has 0 saturated heterocycles. The van der Waals surface area contributed by atoms with Crippen molar-refractivity contribution in [1.29, 1.82) is 0 Å². The number of hydrogen-bond acceptors (Lipinski definition) is 2. The minimum Gasteiger partial charge on any atom is -0.298 e. The first-order valence-corrected chi connectivity index (χ1v) is 6.34. The van der Waals surface area contributed by atoms with Gasteiger partial charge in [0.25, 0.3) is 0 Å². The van der Waals surface area contributed by atoms with Crippen molar-refractivity contribution in [2.75, 3.05) is 13.6 Å². The molecule has 0 fully saturated rings. The van der Waals surface area contributed by atoms with Crippen LogP contribution < -0.4 is 5.84 Å². The fourth-order valence-electron chi connectivity index (χ4n) is 1.34. The van der Waals surface area contributed by atoms with Crippen molar-refractivity contribution in [3.05, 3.63) is 35.9 Å². The zero-order valence-electron chi connectivity index (χ0n) is 11.5. The van der Waals surface area contributed by atoms with E-state index in [9.17, 15) is 0 Å². The highest BCUT2D eigenvalue weighted by Gasteiger charge is 2.04. The molecule has 1 aromatic carbocycles. The molecule has 0 saturated carbocycles. The monoisotopic (exact) mass is 235 g/mol. The molecule has 96 valence electrons. The maximum absolute atomic E-state index is 5.75. The number of nitrogens with zero attached hydrogens (tertiary/aromatic N) is 2. The van der Waals surface area contributed by atoms with E-state index in [1.54, 1.807) is 5.01 Å². The highest BCUT2D eigenvalue weighted by Crippen LogP contribution is 2.03. The fraction of sp³-hybridized carbons (Fsp3) is 0.500. The molecule has 0 bridgehead atoms. The van der Waals surface area contributed by atoms with E-state index in [4.69, 9.17) is 5.84 Å².